The fraction of sp³-hybridized carbons (Fsp3) is 0.500. The number of hydrogen-bond donors (Lipinski definition) is 2. The number of nitrogens with one attached hydrogen (secondary N) is 2. The number of aromatic nitrogens is 2. The summed E-state index contributed by atoms with van der Waals surface area (Å²) in [6, 6.07) is -0.335. The van der Waals surface area contributed by atoms with Crippen molar-refractivity contribution < 1.29 is 9.53 Å². The minimum absolute atomic E-state index is 0.333. The Hall–Kier alpha value is -1.89. The van der Waals surface area contributed by atoms with Crippen LogP contribution in [0.25, 0.3) is 0 Å². The van der Waals surface area contributed by atoms with E-state index in [1.165, 1.54) is 0 Å². The molecule has 0 saturated carbocycles. The first-order valence-corrected chi connectivity index (χ1v) is 7.38. The largest absolute Gasteiger partial charge is 0.463 e. The Bertz CT molecular complexity index is 606. The maximum atomic E-state index is 12.3. The van der Waals surface area contributed by atoms with Crippen LogP contribution in [0.15, 0.2) is 17.5 Å². The Morgan fingerprint density at radius 1 is 1.48 bits per heavy atom. The van der Waals surface area contributed by atoms with Gasteiger partial charge in [-0.1, -0.05) is 0 Å². The highest BCUT2D eigenvalue weighted by molar-refractivity contribution is 7.80. The third-order valence-corrected chi connectivity index (χ3v) is 3.60. The fourth-order valence-corrected chi connectivity index (χ4v) is 2.66. The van der Waals surface area contributed by atoms with Crippen LogP contribution in [0.2, 0.25) is 0 Å². The van der Waals surface area contributed by atoms with Gasteiger partial charge in [-0.3, -0.25) is 4.68 Å². The third kappa shape index (κ3) is 3.07. The summed E-state index contributed by atoms with van der Waals surface area (Å²) in [6.07, 6.45) is 1.94. The Kier molecular flexibility index (Phi) is 4.62. The summed E-state index contributed by atoms with van der Waals surface area (Å²) < 4.78 is 7.01. The predicted molar refractivity (Wildman–Crippen MR) is 83.6 cm³/mol. The van der Waals surface area contributed by atoms with Gasteiger partial charge in [0.05, 0.1) is 23.9 Å². The van der Waals surface area contributed by atoms with Crippen LogP contribution in [0.4, 0.5) is 0 Å². The van der Waals surface area contributed by atoms with E-state index < -0.39 is 0 Å². The van der Waals surface area contributed by atoms with Crippen LogP contribution in [-0.2, 0) is 16.1 Å². The lowest BCUT2D eigenvalue weighted by molar-refractivity contribution is -0.139. The van der Waals surface area contributed by atoms with Crippen molar-refractivity contribution in [3.63, 3.8) is 0 Å². The highest BCUT2D eigenvalue weighted by Gasteiger charge is 2.32. The molecule has 114 valence electrons. The van der Waals surface area contributed by atoms with Gasteiger partial charge in [0, 0.05) is 24.0 Å². The maximum Gasteiger partial charge on any atom is 0.338 e. The van der Waals surface area contributed by atoms with Gasteiger partial charge in [0.1, 0.15) is 0 Å². The molecule has 0 bridgehead atoms. The van der Waals surface area contributed by atoms with Gasteiger partial charge in [-0.2, -0.15) is 5.10 Å². The molecule has 0 aliphatic carbocycles. The molecule has 0 aromatic carbocycles. The fourth-order valence-electron chi connectivity index (χ4n) is 2.39. The molecule has 0 saturated heterocycles. The number of hydrogen-bond acceptors (Lipinski definition) is 4. The normalized spacial score (nSPS) is 18.3. The van der Waals surface area contributed by atoms with E-state index >= 15 is 0 Å². The van der Waals surface area contributed by atoms with Crippen LogP contribution in [0.5, 0.6) is 0 Å². The first-order chi connectivity index (χ1) is 9.97. The Morgan fingerprint density at radius 2 is 2.19 bits per heavy atom. The lowest BCUT2D eigenvalue weighted by atomic mass is 9.96. The summed E-state index contributed by atoms with van der Waals surface area (Å²) in [7, 11) is 0. The molecule has 2 N–H and O–H groups in total. The summed E-state index contributed by atoms with van der Waals surface area (Å²) in [5.41, 5.74) is 3.06. The zero-order valence-corrected chi connectivity index (χ0v) is 13.5. The molecule has 0 radical (unpaired) electrons. The number of nitrogens with zero attached hydrogens (tertiary/aromatic N) is 2. The number of rotatable bonds is 4. The van der Waals surface area contributed by atoms with Crippen LogP contribution < -0.4 is 10.6 Å². The summed E-state index contributed by atoms with van der Waals surface area (Å²) in [4.78, 5) is 12.3. The molecule has 0 spiro atoms. The molecule has 1 aliphatic heterocycles. The molecule has 7 heteroatoms. The number of ether oxygens (including phenoxy) is 1. The van der Waals surface area contributed by atoms with E-state index in [1.807, 2.05) is 31.6 Å². The molecule has 1 aromatic heterocycles. The van der Waals surface area contributed by atoms with Crippen molar-refractivity contribution in [1.82, 2.24) is 20.4 Å². The number of carbonyl (C=O) groups excluding carboxylic acids is 1. The van der Waals surface area contributed by atoms with E-state index in [-0.39, 0.29) is 12.0 Å². The van der Waals surface area contributed by atoms with E-state index in [0.29, 0.717) is 23.0 Å². The van der Waals surface area contributed by atoms with E-state index in [0.717, 1.165) is 17.8 Å². The van der Waals surface area contributed by atoms with Gasteiger partial charge in [-0.05, 0) is 39.9 Å². The Morgan fingerprint density at radius 3 is 2.76 bits per heavy atom. The third-order valence-electron chi connectivity index (χ3n) is 3.38. The highest BCUT2D eigenvalue weighted by atomic mass is 32.1. The van der Waals surface area contributed by atoms with Crippen molar-refractivity contribution in [2.24, 2.45) is 0 Å². The van der Waals surface area contributed by atoms with Crippen molar-refractivity contribution in [2.75, 3.05) is 6.61 Å². The first-order valence-electron chi connectivity index (χ1n) is 6.97. The van der Waals surface area contributed by atoms with Gasteiger partial charge in [0.25, 0.3) is 0 Å². The van der Waals surface area contributed by atoms with Crippen molar-refractivity contribution in [2.45, 2.75) is 40.3 Å². The van der Waals surface area contributed by atoms with Gasteiger partial charge in [0.15, 0.2) is 5.11 Å². The quantitative estimate of drug-likeness (QED) is 0.650. The maximum absolute atomic E-state index is 12.3. The molecule has 0 amide bonds. The van der Waals surface area contributed by atoms with Crippen LogP contribution >= 0.6 is 12.2 Å². The number of aryl methyl sites for hydroxylation is 2. The molecule has 1 atom stereocenters. The molecular formula is C14H20N4O2S. The van der Waals surface area contributed by atoms with E-state index in [4.69, 9.17) is 17.0 Å². The van der Waals surface area contributed by atoms with Crippen LogP contribution in [0.1, 0.15) is 38.1 Å². The summed E-state index contributed by atoms with van der Waals surface area (Å²) in [5.74, 6) is -0.342. The molecule has 1 aromatic rings. The minimum Gasteiger partial charge on any atom is -0.463 e. The summed E-state index contributed by atoms with van der Waals surface area (Å²) >= 11 is 5.21. The van der Waals surface area contributed by atoms with Gasteiger partial charge < -0.3 is 15.4 Å². The van der Waals surface area contributed by atoms with Crippen LogP contribution in [0, 0.1) is 6.92 Å². The van der Waals surface area contributed by atoms with Crippen molar-refractivity contribution in [1.29, 1.82) is 0 Å². The molecule has 2 heterocycles. The predicted octanol–water partition coefficient (Wildman–Crippen LogP) is 1.57. The Balaban J connectivity index is 2.46. The Labute approximate surface area is 129 Å². The first kappa shape index (κ1) is 15.5. The zero-order valence-electron chi connectivity index (χ0n) is 12.7. The average molecular weight is 308 g/mol. The molecule has 1 aliphatic rings. The van der Waals surface area contributed by atoms with Crippen molar-refractivity contribution in [3.8, 4) is 0 Å². The lowest BCUT2D eigenvalue weighted by Gasteiger charge is -2.29. The monoisotopic (exact) mass is 308 g/mol. The summed E-state index contributed by atoms with van der Waals surface area (Å²) in [5, 5.41) is 11.0. The van der Waals surface area contributed by atoms with E-state index in [9.17, 15) is 4.79 Å². The van der Waals surface area contributed by atoms with Gasteiger partial charge in [-0.15, -0.1) is 0 Å². The second kappa shape index (κ2) is 6.26. The number of allylic oxidation sites excluding steroid dienone is 1. The molecule has 0 fully saturated rings. The highest BCUT2D eigenvalue weighted by Crippen LogP contribution is 2.29. The van der Waals surface area contributed by atoms with Crippen LogP contribution in [-0.4, -0.2) is 27.5 Å². The van der Waals surface area contributed by atoms with Crippen molar-refractivity contribution in [3.05, 3.63) is 28.7 Å². The van der Waals surface area contributed by atoms with Gasteiger partial charge in [-0.25, -0.2) is 4.79 Å². The standard InChI is InChI=1S/C14H20N4O2S/c1-5-18-7-10(8(3)17-18)12-11(13(19)20-6-2)9(4)15-14(21)16-12/h7,12H,5-6H2,1-4H3,(H2,15,16,21)/t12-/m0/s1. The minimum atomic E-state index is -0.342. The van der Waals surface area contributed by atoms with Gasteiger partial charge >= 0.3 is 5.97 Å². The number of thiocarbonyl (C=S) groups is 1. The molecule has 21 heavy (non-hydrogen) atoms. The second-order valence-corrected chi connectivity index (χ2v) is 5.22. The van der Waals surface area contributed by atoms with E-state index in [2.05, 4.69) is 15.7 Å². The smallest absolute Gasteiger partial charge is 0.338 e. The molecule has 6 nitrogen and oxygen atoms in total. The zero-order chi connectivity index (χ0) is 15.6. The SMILES string of the molecule is CCOC(=O)C1=C(C)NC(=S)N[C@H]1c1cn(CC)nc1C. The number of esters is 1. The average Bonchev–Trinajstić information content (AvgIpc) is 2.79. The topological polar surface area (TPSA) is 68.2 Å². The van der Waals surface area contributed by atoms with E-state index in [1.54, 1.807) is 6.92 Å². The summed E-state index contributed by atoms with van der Waals surface area (Å²) in [6.45, 7) is 8.66. The molecule has 2 rings (SSSR count). The van der Waals surface area contributed by atoms with Gasteiger partial charge in [0.2, 0.25) is 0 Å². The number of carbonyl (C=O) groups is 1. The molecule has 0 unspecified atom stereocenters. The lowest BCUT2D eigenvalue weighted by Crippen LogP contribution is -2.45. The molecular weight excluding hydrogens is 288 g/mol. The van der Waals surface area contributed by atoms with Crippen LogP contribution in [0.3, 0.4) is 0 Å². The van der Waals surface area contributed by atoms with Crippen molar-refractivity contribution >= 4 is 23.3 Å². The second-order valence-electron chi connectivity index (χ2n) is 4.82.